The molecular weight excluding hydrogens is 619 g/mol. The van der Waals surface area contributed by atoms with Crippen LogP contribution in [0.1, 0.15) is 105 Å². The van der Waals surface area contributed by atoms with Gasteiger partial charge in [-0.1, -0.05) is 134 Å². The number of piperidine rings is 1. The number of aliphatic carboxylic acids is 1. The largest absolute Gasteiger partial charge is 0.480 e. The second-order valence-electron chi connectivity index (χ2n) is 14.5. The molecule has 3 aliphatic rings. The molecule has 5 rings (SSSR count). The highest BCUT2D eigenvalue weighted by molar-refractivity contribution is 6.01. The Bertz CT molecular complexity index is 1210. The van der Waals surface area contributed by atoms with Gasteiger partial charge in [-0.15, -0.1) is 0 Å². The van der Waals surface area contributed by atoms with Crippen LogP contribution in [-0.2, 0) is 4.79 Å². The fraction of sp³-hybridized carbons (Fsp3) is 0.628. The molecule has 0 aromatic heterocycles. The summed E-state index contributed by atoms with van der Waals surface area (Å²) in [5, 5.41) is 15.0. The van der Waals surface area contributed by atoms with Crippen molar-refractivity contribution in [1.82, 2.24) is 20.1 Å². The van der Waals surface area contributed by atoms with E-state index in [1.54, 1.807) is 0 Å². The molecule has 2 saturated heterocycles. The van der Waals surface area contributed by atoms with E-state index in [-0.39, 0.29) is 6.04 Å². The number of nitrogens with zero attached hydrogens (tertiary/aromatic N) is 4. The predicted octanol–water partition coefficient (Wildman–Crippen LogP) is 8.99. The number of hydrazone groups is 1. The summed E-state index contributed by atoms with van der Waals surface area (Å²) in [5.74, 6) is 2.05. The number of carboxylic acids is 1. The zero-order valence-electron chi connectivity index (χ0n) is 32.3. The average Bonchev–Trinajstić information content (AvgIpc) is 3.51. The molecule has 4 atom stereocenters. The fourth-order valence-corrected chi connectivity index (χ4v) is 8.00. The molecule has 1 aliphatic carbocycles. The highest BCUT2D eigenvalue weighted by Gasteiger charge is 2.41. The normalized spacial score (nSPS) is 21.9. The number of likely N-dealkylation sites (tertiary alicyclic amines) is 2. The minimum absolute atomic E-state index is 0.296. The van der Waals surface area contributed by atoms with Crippen LogP contribution in [0, 0.1) is 23.7 Å². The second-order valence-corrected chi connectivity index (χ2v) is 14.5. The molecule has 0 spiro atoms. The summed E-state index contributed by atoms with van der Waals surface area (Å²) in [6.07, 6.45) is 10.1. The van der Waals surface area contributed by atoms with Crippen molar-refractivity contribution >= 4 is 11.7 Å². The summed E-state index contributed by atoms with van der Waals surface area (Å²) in [7, 11) is 0. The second kappa shape index (κ2) is 22.6. The van der Waals surface area contributed by atoms with Gasteiger partial charge in [0, 0.05) is 51.2 Å². The highest BCUT2D eigenvalue weighted by Crippen LogP contribution is 2.34. The van der Waals surface area contributed by atoms with Gasteiger partial charge in [-0.3, -0.25) is 15.1 Å². The maximum atomic E-state index is 12.3. The highest BCUT2D eigenvalue weighted by atomic mass is 16.4. The first-order valence-corrected chi connectivity index (χ1v) is 19.9. The SMILES string of the molecule is C=C(N/N=C(/c1ccccc1)C(C)CC)N(CCC)C1CCN(CC2CN(C(C(=O)O)C3CCCCC3)CC2C)CC1.CC.c1ccccc1. The van der Waals surface area contributed by atoms with Gasteiger partial charge in [0.1, 0.15) is 11.9 Å². The quantitative estimate of drug-likeness (QED) is 0.153. The molecule has 278 valence electrons. The summed E-state index contributed by atoms with van der Waals surface area (Å²) in [6.45, 7) is 23.5. The zero-order valence-corrected chi connectivity index (χ0v) is 32.3. The van der Waals surface area contributed by atoms with E-state index in [2.05, 4.69) is 78.7 Å². The van der Waals surface area contributed by atoms with Crippen LogP contribution in [0.2, 0.25) is 0 Å². The van der Waals surface area contributed by atoms with E-state index in [4.69, 9.17) is 5.10 Å². The van der Waals surface area contributed by atoms with Gasteiger partial charge in [0.05, 0.1) is 5.71 Å². The molecule has 2 heterocycles. The molecule has 3 fully saturated rings. The van der Waals surface area contributed by atoms with Gasteiger partial charge in [0.25, 0.3) is 0 Å². The minimum atomic E-state index is -0.607. The smallest absolute Gasteiger partial charge is 0.321 e. The first kappa shape index (κ1) is 41.3. The van der Waals surface area contributed by atoms with E-state index in [1.807, 2.05) is 56.3 Å². The van der Waals surface area contributed by atoms with Crippen molar-refractivity contribution in [3.05, 3.63) is 84.7 Å². The third-order valence-corrected chi connectivity index (χ3v) is 11.0. The van der Waals surface area contributed by atoms with Crippen LogP contribution in [0.5, 0.6) is 0 Å². The molecule has 7 nitrogen and oxygen atoms in total. The number of carbonyl (C=O) groups is 1. The van der Waals surface area contributed by atoms with Crippen molar-refractivity contribution in [2.24, 2.45) is 28.8 Å². The van der Waals surface area contributed by atoms with Crippen LogP contribution in [0.25, 0.3) is 0 Å². The van der Waals surface area contributed by atoms with Gasteiger partial charge in [-0.25, -0.2) is 0 Å². The summed E-state index contributed by atoms with van der Waals surface area (Å²) in [4.78, 5) is 19.7. The lowest BCUT2D eigenvalue weighted by molar-refractivity contribution is -0.145. The van der Waals surface area contributed by atoms with E-state index in [9.17, 15) is 9.90 Å². The Labute approximate surface area is 305 Å². The molecule has 0 bridgehead atoms. The Morgan fingerprint density at radius 1 is 0.940 bits per heavy atom. The Morgan fingerprint density at radius 2 is 1.52 bits per heavy atom. The van der Waals surface area contributed by atoms with Crippen LogP contribution in [-0.4, -0.2) is 82.8 Å². The van der Waals surface area contributed by atoms with E-state index in [0.29, 0.717) is 29.7 Å². The van der Waals surface area contributed by atoms with Crippen molar-refractivity contribution in [2.75, 3.05) is 39.3 Å². The van der Waals surface area contributed by atoms with Gasteiger partial charge >= 0.3 is 5.97 Å². The monoisotopic (exact) mass is 688 g/mol. The predicted molar refractivity (Wildman–Crippen MR) is 211 cm³/mol. The van der Waals surface area contributed by atoms with Crippen molar-refractivity contribution < 1.29 is 9.90 Å². The lowest BCUT2D eigenvalue weighted by Crippen LogP contribution is -2.48. The Balaban J connectivity index is 0.000000752. The molecule has 2 aliphatic heterocycles. The Hall–Kier alpha value is -3.16. The zero-order chi connectivity index (χ0) is 36.3. The molecule has 2 aromatic rings. The molecule has 0 radical (unpaired) electrons. The van der Waals surface area contributed by atoms with Gasteiger partial charge in [-0.05, 0) is 61.8 Å². The average molecular weight is 688 g/mol. The van der Waals surface area contributed by atoms with E-state index in [1.165, 1.54) is 19.3 Å². The molecular formula is C43H69N5O2. The third kappa shape index (κ3) is 12.6. The first-order valence-electron chi connectivity index (χ1n) is 19.9. The number of nitrogens with one attached hydrogen (secondary N) is 1. The number of carboxylic acid groups (broad SMARTS) is 1. The van der Waals surface area contributed by atoms with E-state index < -0.39 is 5.97 Å². The summed E-state index contributed by atoms with van der Waals surface area (Å²) < 4.78 is 0. The number of hydrogen-bond acceptors (Lipinski definition) is 6. The number of hydrogen-bond donors (Lipinski definition) is 2. The van der Waals surface area contributed by atoms with Crippen molar-refractivity contribution in [2.45, 2.75) is 111 Å². The summed E-state index contributed by atoms with van der Waals surface area (Å²) in [6, 6.07) is 22.6. The summed E-state index contributed by atoms with van der Waals surface area (Å²) >= 11 is 0. The van der Waals surface area contributed by atoms with E-state index >= 15 is 0 Å². The molecule has 2 aromatic carbocycles. The van der Waals surface area contributed by atoms with Crippen molar-refractivity contribution in [3.63, 3.8) is 0 Å². The first-order chi connectivity index (χ1) is 24.3. The van der Waals surface area contributed by atoms with Crippen LogP contribution < -0.4 is 5.43 Å². The van der Waals surface area contributed by atoms with Crippen molar-refractivity contribution in [1.29, 1.82) is 0 Å². The fourth-order valence-electron chi connectivity index (χ4n) is 8.00. The van der Waals surface area contributed by atoms with Crippen molar-refractivity contribution in [3.8, 4) is 0 Å². The number of rotatable bonds is 14. The molecule has 7 heteroatoms. The minimum Gasteiger partial charge on any atom is -0.480 e. The Kier molecular flexibility index (Phi) is 18.7. The van der Waals surface area contributed by atoms with Crippen LogP contribution in [0.15, 0.2) is 84.2 Å². The number of benzene rings is 2. The van der Waals surface area contributed by atoms with Gasteiger partial charge < -0.3 is 14.9 Å². The van der Waals surface area contributed by atoms with Gasteiger partial charge in [0.15, 0.2) is 0 Å². The van der Waals surface area contributed by atoms with Crippen LogP contribution >= 0.6 is 0 Å². The standard InChI is InChI=1S/C35H57N5O2.C6H6.C2H6/c1-6-20-40(28(5)36-37-33(26(3)7-2)29-14-10-8-11-15-29)32-18-21-38(22-19-32)24-31-25-39(23-27(31)4)34(35(41)42)30-16-12-9-13-17-30;1-2-4-6-5-3-1;1-2/h8,10-11,14-15,26-27,30-32,34,36H,5-7,9,12-13,16-25H2,1-4H3,(H,41,42);1-6H;1-2H3/b37-33+;;. The van der Waals surface area contributed by atoms with Gasteiger partial charge in [-0.2, -0.15) is 5.10 Å². The maximum Gasteiger partial charge on any atom is 0.321 e. The molecule has 4 unspecified atom stereocenters. The lowest BCUT2D eigenvalue weighted by Gasteiger charge is -2.41. The van der Waals surface area contributed by atoms with Gasteiger partial charge in [0.2, 0.25) is 0 Å². The topological polar surface area (TPSA) is 71.4 Å². The maximum absolute atomic E-state index is 12.3. The molecule has 0 amide bonds. The van der Waals surface area contributed by atoms with Crippen LogP contribution in [0.4, 0.5) is 0 Å². The summed E-state index contributed by atoms with van der Waals surface area (Å²) in [5.41, 5.74) is 5.60. The third-order valence-electron chi connectivity index (χ3n) is 11.0. The Morgan fingerprint density at radius 3 is 2.06 bits per heavy atom. The molecule has 1 saturated carbocycles. The lowest BCUT2D eigenvalue weighted by atomic mass is 9.83. The molecule has 50 heavy (non-hydrogen) atoms. The molecule has 2 N–H and O–H groups in total. The van der Waals surface area contributed by atoms with Crippen LogP contribution in [0.3, 0.4) is 0 Å². The van der Waals surface area contributed by atoms with E-state index in [0.717, 1.165) is 94.9 Å².